The van der Waals surface area contributed by atoms with Crippen LogP contribution in [0.15, 0.2) is 42.5 Å². The highest BCUT2D eigenvalue weighted by molar-refractivity contribution is 5.34. The lowest BCUT2D eigenvalue weighted by atomic mass is 9.90. The number of hydrogen-bond acceptors (Lipinski definition) is 1. The summed E-state index contributed by atoms with van der Waals surface area (Å²) in [7, 11) is 1.87. The topological polar surface area (TPSA) is 12.0 Å². The monoisotopic (exact) mass is 273 g/mol. The Kier molecular flexibility index (Phi) is 3.53. The molecule has 0 saturated heterocycles. The van der Waals surface area contributed by atoms with Crippen LogP contribution in [0.25, 0.3) is 0 Å². The Labute approximate surface area is 117 Å². The van der Waals surface area contributed by atoms with Gasteiger partial charge in [-0.3, -0.25) is 0 Å². The van der Waals surface area contributed by atoms with Gasteiger partial charge in [0.15, 0.2) is 11.6 Å². The normalized spacial score (nSPS) is 16.1. The van der Waals surface area contributed by atoms with Gasteiger partial charge in [-0.1, -0.05) is 30.3 Å². The smallest absolute Gasteiger partial charge is 0.159 e. The highest BCUT2D eigenvalue weighted by Crippen LogP contribution is 2.35. The SMILES string of the molecule is CNC(c1ccc(F)c(F)c1)C1Cc2ccccc2C1. The molecular formula is C17H17F2N. The lowest BCUT2D eigenvalue weighted by Gasteiger charge is -2.23. The maximum atomic E-state index is 13.4. The zero-order valence-electron chi connectivity index (χ0n) is 11.4. The third-order valence-corrected chi connectivity index (χ3v) is 4.17. The summed E-state index contributed by atoms with van der Waals surface area (Å²) >= 11 is 0. The van der Waals surface area contributed by atoms with E-state index in [1.54, 1.807) is 6.07 Å². The number of halogens is 2. The van der Waals surface area contributed by atoms with Crippen LogP contribution in [-0.2, 0) is 12.8 Å². The Morgan fingerprint density at radius 3 is 2.20 bits per heavy atom. The molecule has 1 aliphatic carbocycles. The first-order valence-electron chi connectivity index (χ1n) is 6.88. The van der Waals surface area contributed by atoms with Crippen molar-refractivity contribution in [1.29, 1.82) is 0 Å². The van der Waals surface area contributed by atoms with Crippen molar-refractivity contribution in [3.05, 3.63) is 70.8 Å². The molecule has 0 spiro atoms. The van der Waals surface area contributed by atoms with Gasteiger partial charge in [0.1, 0.15) is 0 Å². The van der Waals surface area contributed by atoms with E-state index >= 15 is 0 Å². The third-order valence-electron chi connectivity index (χ3n) is 4.17. The van der Waals surface area contributed by atoms with Crippen LogP contribution in [0.5, 0.6) is 0 Å². The van der Waals surface area contributed by atoms with Crippen molar-refractivity contribution >= 4 is 0 Å². The van der Waals surface area contributed by atoms with Crippen molar-refractivity contribution in [1.82, 2.24) is 5.32 Å². The first-order chi connectivity index (χ1) is 9.69. The molecule has 0 bridgehead atoms. The summed E-state index contributed by atoms with van der Waals surface area (Å²) in [5, 5.41) is 3.25. The molecule has 1 unspecified atom stereocenters. The van der Waals surface area contributed by atoms with Crippen molar-refractivity contribution in [2.45, 2.75) is 18.9 Å². The van der Waals surface area contributed by atoms with Gasteiger partial charge in [-0.2, -0.15) is 0 Å². The molecule has 1 atom stereocenters. The Morgan fingerprint density at radius 2 is 1.65 bits per heavy atom. The molecule has 0 amide bonds. The minimum absolute atomic E-state index is 0.0394. The van der Waals surface area contributed by atoms with Crippen LogP contribution in [0, 0.1) is 17.6 Å². The van der Waals surface area contributed by atoms with E-state index in [2.05, 4.69) is 17.4 Å². The number of benzene rings is 2. The maximum absolute atomic E-state index is 13.4. The molecule has 0 fully saturated rings. The second-order valence-corrected chi connectivity index (χ2v) is 5.38. The molecule has 3 rings (SSSR count). The maximum Gasteiger partial charge on any atom is 0.159 e. The third kappa shape index (κ3) is 2.34. The number of fused-ring (bicyclic) bond motifs is 1. The zero-order chi connectivity index (χ0) is 14.1. The van der Waals surface area contributed by atoms with Crippen LogP contribution in [0.1, 0.15) is 22.7 Å². The van der Waals surface area contributed by atoms with Crippen LogP contribution in [0.3, 0.4) is 0 Å². The van der Waals surface area contributed by atoms with E-state index in [-0.39, 0.29) is 6.04 Å². The van der Waals surface area contributed by atoms with Crippen LogP contribution in [-0.4, -0.2) is 7.05 Å². The highest BCUT2D eigenvalue weighted by atomic mass is 19.2. The molecule has 2 aromatic rings. The Hall–Kier alpha value is -1.74. The minimum atomic E-state index is -0.793. The summed E-state index contributed by atoms with van der Waals surface area (Å²) in [6, 6.07) is 12.6. The Bertz CT molecular complexity index is 599. The Balaban J connectivity index is 1.87. The molecule has 0 aromatic heterocycles. The molecule has 3 heteroatoms. The van der Waals surface area contributed by atoms with E-state index in [1.165, 1.54) is 23.3 Å². The van der Waals surface area contributed by atoms with Gasteiger partial charge in [0.2, 0.25) is 0 Å². The number of nitrogens with one attached hydrogen (secondary N) is 1. The summed E-state index contributed by atoms with van der Waals surface area (Å²) in [5.74, 6) is -1.20. The van der Waals surface area contributed by atoms with Crippen molar-refractivity contribution < 1.29 is 8.78 Å². The summed E-state index contributed by atoms with van der Waals surface area (Å²) in [6.45, 7) is 0. The van der Waals surface area contributed by atoms with Gasteiger partial charge < -0.3 is 5.32 Å². The summed E-state index contributed by atoms with van der Waals surface area (Å²) < 4.78 is 26.5. The van der Waals surface area contributed by atoms with E-state index < -0.39 is 11.6 Å². The standard InChI is InChI=1S/C17H17F2N/c1-20-17(13-6-7-15(18)16(19)10-13)14-8-11-4-2-3-5-12(11)9-14/h2-7,10,14,17,20H,8-9H2,1H3. The van der Waals surface area contributed by atoms with Gasteiger partial charge in [-0.05, 0) is 54.6 Å². The van der Waals surface area contributed by atoms with E-state index in [0.29, 0.717) is 5.92 Å². The van der Waals surface area contributed by atoms with E-state index in [1.807, 2.05) is 19.2 Å². The van der Waals surface area contributed by atoms with Crippen LogP contribution in [0.4, 0.5) is 8.78 Å². The lowest BCUT2D eigenvalue weighted by Crippen LogP contribution is -2.26. The largest absolute Gasteiger partial charge is 0.313 e. The van der Waals surface area contributed by atoms with Gasteiger partial charge in [-0.15, -0.1) is 0 Å². The predicted octanol–water partition coefficient (Wildman–Crippen LogP) is 3.64. The lowest BCUT2D eigenvalue weighted by molar-refractivity contribution is 0.394. The molecule has 1 aliphatic rings. The fraction of sp³-hybridized carbons (Fsp3) is 0.294. The zero-order valence-corrected chi connectivity index (χ0v) is 11.4. The minimum Gasteiger partial charge on any atom is -0.313 e. The molecule has 0 radical (unpaired) electrons. The first-order valence-corrected chi connectivity index (χ1v) is 6.88. The fourth-order valence-electron chi connectivity index (χ4n) is 3.21. The quantitative estimate of drug-likeness (QED) is 0.900. The van der Waals surface area contributed by atoms with Gasteiger partial charge >= 0.3 is 0 Å². The van der Waals surface area contributed by atoms with Crippen LogP contribution in [0.2, 0.25) is 0 Å². The van der Waals surface area contributed by atoms with Crippen LogP contribution < -0.4 is 5.32 Å². The molecule has 0 aliphatic heterocycles. The van der Waals surface area contributed by atoms with Gasteiger partial charge in [0, 0.05) is 6.04 Å². The van der Waals surface area contributed by atoms with Gasteiger partial charge in [0.25, 0.3) is 0 Å². The molecular weight excluding hydrogens is 256 g/mol. The second-order valence-electron chi connectivity index (χ2n) is 5.38. The Morgan fingerprint density at radius 1 is 1.00 bits per heavy atom. The average Bonchev–Trinajstić information content (AvgIpc) is 2.87. The second kappa shape index (κ2) is 5.33. The van der Waals surface area contributed by atoms with E-state index in [0.717, 1.165) is 18.4 Å². The molecule has 0 heterocycles. The molecule has 1 nitrogen and oxygen atoms in total. The van der Waals surface area contributed by atoms with Crippen molar-refractivity contribution in [3.63, 3.8) is 0 Å². The highest BCUT2D eigenvalue weighted by Gasteiger charge is 2.29. The van der Waals surface area contributed by atoms with Crippen molar-refractivity contribution in [2.24, 2.45) is 5.92 Å². The average molecular weight is 273 g/mol. The number of rotatable bonds is 3. The molecule has 1 N–H and O–H groups in total. The van der Waals surface area contributed by atoms with Gasteiger partial charge in [-0.25, -0.2) is 8.78 Å². The fourth-order valence-corrected chi connectivity index (χ4v) is 3.21. The first kappa shape index (κ1) is 13.3. The van der Waals surface area contributed by atoms with E-state index in [4.69, 9.17) is 0 Å². The molecule has 0 saturated carbocycles. The van der Waals surface area contributed by atoms with Gasteiger partial charge in [0.05, 0.1) is 0 Å². The number of hydrogen-bond donors (Lipinski definition) is 1. The molecule has 20 heavy (non-hydrogen) atoms. The van der Waals surface area contributed by atoms with E-state index in [9.17, 15) is 8.78 Å². The molecule has 104 valence electrons. The van der Waals surface area contributed by atoms with Crippen molar-refractivity contribution in [2.75, 3.05) is 7.05 Å². The summed E-state index contributed by atoms with van der Waals surface area (Å²) in [5.41, 5.74) is 3.53. The van der Waals surface area contributed by atoms with Crippen LogP contribution >= 0.6 is 0 Å². The summed E-state index contributed by atoms with van der Waals surface area (Å²) in [4.78, 5) is 0. The summed E-state index contributed by atoms with van der Waals surface area (Å²) in [6.07, 6.45) is 1.95. The predicted molar refractivity (Wildman–Crippen MR) is 75.5 cm³/mol. The van der Waals surface area contributed by atoms with Crippen molar-refractivity contribution in [3.8, 4) is 0 Å². The molecule has 2 aromatic carbocycles.